The molecule has 6 rings (SSSR count). The van der Waals surface area contributed by atoms with Crippen LogP contribution in [0.1, 0.15) is 22.6 Å². The van der Waals surface area contributed by atoms with Crippen molar-refractivity contribution in [2.24, 2.45) is 11.8 Å². The summed E-state index contributed by atoms with van der Waals surface area (Å²) >= 11 is 0. The van der Waals surface area contributed by atoms with E-state index in [1.54, 1.807) is 12.1 Å². The molecule has 0 aromatic heterocycles. The van der Waals surface area contributed by atoms with Crippen LogP contribution in [0, 0.1) is 11.8 Å². The van der Waals surface area contributed by atoms with E-state index in [0.29, 0.717) is 35.2 Å². The fraction of sp³-hybridized carbons (Fsp3) is 0.519. The van der Waals surface area contributed by atoms with Gasteiger partial charge in [-0.1, -0.05) is 0 Å². The van der Waals surface area contributed by atoms with Gasteiger partial charge in [0.25, 0.3) is 0 Å². The van der Waals surface area contributed by atoms with Gasteiger partial charge < -0.3 is 53.2 Å². The summed E-state index contributed by atoms with van der Waals surface area (Å²) in [6, 6.07) is 5.44. The van der Waals surface area contributed by atoms with Crippen LogP contribution in [-0.2, 0) is 20.7 Å². The average molecular weight is 547 g/mol. The third-order valence-corrected chi connectivity index (χ3v) is 7.92. The number of carbonyl (C=O) groups is 1. The molecule has 210 valence electrons. The Morgan fingerprint density at radius 2 is 1.69 bits per heavy atom. The van der Waals surface area contributed by atoms with Gasteiger partial charge in [-0.15, -0.1) is 0 Å². The monoisotopic (exact) mass is 546 g/mol. The van der Waals surface area contributed by atoms with Crippen molar-refractivity contribution >= 4 is 5.97 Å². The van der Waals surface area contributed by atoms with Crippen molar-refractivity contribution in [3.05, 3.63) is 34.9 Å². The summed E-state index contributed by atoms with van der Waals surface area (Å²) in [7, 11) is 4.56. The first-order chi connectivity index (χ1) is 18.9. The first-order valence-corrected chi connectivity index (χ1v) is 12.6. The van der Waals surface area contributed by atoms with Gasteiger partial charge in [0.15, 0.2) is 23.0 Å². The molecular weight excluding hydrogens is 516 g/mol. The molecule has 0 saturated carbocycles. The maximum absolute atomic E-state index is 13.1. The second-order valence-electron chi connectivity index (χ2n) is 9.89. The molecule has 0 spiro atoms. The van der Waals surface area contributed by atoms with Crippen molar-refractivity contribution in [3.8, 4) is 34.5 Å². The van der Waals surface area contributed by atoms with E-state index in [-0.39, 0.29) is 31.0 Å². The van der Waals surface area contributed by atoms with Crippen LogP contribution in [0.4, 0.5) is 0 Å². The van der Waals surface area contributed by atoms with E-state index in [1.807, 2.05) is 6.07 Å². The van der Waals surface area contributed by atoms with Crippen molar-refractivity contribution in [1.82, 2.24) is 0 Å². The number of hydrogen-bond donors (Lipinski definition) is 3. The summed E-state index contributed by atoms with van der Waals surface area (Å²) in [5.74, 6) is 0.823. The van der Waals surface area contributed by atoms with Crippen LogP contribution in [0.25, 0.3) is 0 Å². The Labute approximate surface area is 223 Å². The van der Waals surface area contributed by atoms with Crippen LogP contribution < -0.4 is 28.4 Å². The number of ether oxygens (including phenoxy) is 8. The van der Waals surface area contributed by atoms with Gasteiger partial charge in [-0.3, -0.25) is 4.79 Å². The number of hydrogen-bond acceptors (Lipinski definition) is 12. The summed E-state index contributed by atoms with van der Waals surface area (Å²) in [5, 5.41) is 30.4. The number of aliphatic hydroxyl groups is 3. The molecule has 0 radical (unpaired) electrons. The zero-order valence-corrected chi connectivity index (χ0v) is 21.6. The highest BCUT2D eigenvalue weighted by molar-refractivity contribution is 5.79. The molecular formula is C27H30O12. The maximum atomic E-state index is 13.1. The summed E-state index contributed by atoms with van der Waals surface area (Å²) in [6.45, 7) is -0.310. The normalized spacial score (nSPS) is 30.4. The number of methoxy groups -OCH3 is 3. The Balaban J connectivity index is 1.51. The van der Waals surface area contributed by atoms with Crippen molar-refractivity contribution in [1.29, 1.82) is 0 Å². The molecule has 0 bridgehead atoms. The van der Waals surface area contributed by atoms with Gasteiger partial charge in [-0.05, 0) is 35.7 Å². The van der Waals surface area contributed by atoms with E-state index < -0.39 is 43.0 Å². The number of aliphatic hydroxyl groups excluding tert-OH is 3. The molecule has 2 aromatic rings. The quantitative estimate of drug-likeness (QED) is 0.420. The van der Waals surface area contributed by atoms with Crippen LogP contribution in [0.3, 0.4) is 0 Å². The number of fused-ring (bicyclic) bond motifs is 3. The molecule has 4 aliphatic rings. The lowest BCUT2D eigenvalue weighted by atomic mass is 9.67. The van der Waals surface area contributed by atoms with Crippen molar-refractivity contribution in [3.63, 3.8) is 0 Å². The molecule has 0 unspecified atom stereocenters. The summed E-state index contributed by atoms with van der Waals surface area (Å²) in [5.41, 5.74) is 2.21. The minimum atomic E-state index is -1.41. The van der Waals surface area contributed by atoms with Crippen LogP contribution >= 0.6 is 0 Å². The lowest BCUT2D eigenvalue weighted by Gasteiger charge is -2.35. The van der Waals surface area contributed by atoms with Crippen molar-refractivity contribution < 1.29 is 58.0 Å². The highest BCUT2D eigenvalue weighted by atomic mass is 16.7. The second-order valence-corrected chi connectivity index (χ2v) is 9.89. The fourth-order valence-electron chi connectivity index (χ4n) is 6.06. The molecule has 0 amide bonds. The number of rotatable bonds is 7. The Hall–Kier alpha value is -3.45. The van der Waals surface area contributed by atoms with E-state index >= 15 is 0 Å². The van der Waals surface area contributed by atoms with E-state index in [4.69, 9.17) is 37.9 Å². The summed E-state index contributed by atoms with van der Waals surface area (Å²) in [4.78, 5) is 13.1. The zero-order valence-electron chi connectivity index (χ0n) is 21.6. The smallest absolute Gasteiger partial charge is 0.310 e. The Morgan fingerprint density at radius 1 is 0.949 bits per heavy atom. The number of cyclic esters (lactones) is 1. The highest BCUT2D eigenvalue weighted by Gasteiger charge is 2.51. The molecule has 3 heterocycles. The van der Waals surface area contributed by atoms with Gasteiger partial charge in [0.2, 0.25) is 24.6 Å². The van der Waals surface area contributed by atoms with Gasteiger partial charge in [0.05, 0.1) is 40.5 Å². The van der Waals surface area contributed by atoms with Crippen LogP contribution in [0.5, 0.6) is 34.5 Å². The minimum Gasteiger partial charge on any atom is -0.493 e. The van der Waals surface area contributed by atoms with E-state index in [9.17, 15) is 20.1 Å². The number of benzene rings is 2. The molecule has 3 N–H and O–H groups in total. The SMILES string of the molecule is COc1cc([C@H]2c3cc4c(c(O[C@H]5O[C@@H](CO)[C@@H](O)[C@H]5O)c3C[C@@H]3COC(=O)[C@@H]32)OCO4)cc(OC)c1OC. The molecule has 1 aliphatic carbocycles. The first-order valence-electron chi connectivity index (χ1n) is 12.6. The molecule has 3 aliphatic heterocycles. The predicted molar refractivity (Wildman–Crippen MR) is 131 cm³/mol. The number of esters is 1. The molecule has 12 heteroatoms. The highest BCUT2D eigenvalue weighted by Crippen LogP contribution is 2.56. The largest absolute Gasteiger partial charge is 0.493 e. The van der Waals surface area contributed by atoms with Crippen LogP contribution in [-0.4, -0.2) is 87.2 Å². The van der Waals surface area contributed by atoms with Crippen LogP contribution in [0.15, 0.2) is 18.2 Å². The van der Waals surface area contributed by atoms with Gasteiger partial charge in [-0.25, -0.2) is 0 Å². The standard InChI is InChI=1S/C27H30O12/c1-32-15-5-11(6-16(33-2)24(15)34-3)19-13-7-17-25(37-10-36-17)23(14(13)4-12-9-35-26(31)20(12)19)39-27-22(30)21(29)18(8-28)38-27/h5-7,12,18-22,27-30H,4,8-10H2,1-3H3/t12-,18+,19+,20+,21-,22-,27-/m1/s1. The first kappa shape index (κ1) is 25.8. The lowest BCUT2D eigenvalue weighted by molar-refractivity contribution is -0.141. The third kappa shape index (κ3) is 4.01. The van der Waals surface area contributed by atoms with Gasteiger partial charge in [0.1, 0.15) is 18.3 Å². The second kappa shape index (κ2) is 9.94. The van der Waals surface area contributed by atoms with Crippen molar-refractivity contribution in [2.75, 3.05) is 41.3 Å². The predicted octanol–water partition coefficient (Wildman–Crippen LogP) is 0.736. The Morgan fingerprint density at radius 3 is 2.33 bits per heavy atom. The zero-order chi connectivity index (χ0) is 27.4. The average Bonchev–Trinajstić information content (AvgIpc) is 3.65. The Kier molecular flexibility index (Phi) is 6.58. The van der Waals surface area contributed by atoms with Gasteiger partial charge in [0, 0.05) is 17.4 Å². The van der Waals surface area contributed by atoms with Crippen LogP contribution in [0.2, 0.25) is 0 Å². The Bertz CT molecular complexity index is 1250. The van der Waals surface area contributed by atoms with Gasteiger partial charge in [-0.2, -0.15) is 0 Å². The van der Waals surface area contributed by atoms with Crippen molar-refractivity contribution in [2.45, 2.75) is 36.9 Å². The molecule has 12 nitrogen and oxygen atoms in total. The maximum Gasteiger partial charge on any atom is 0.310 e. The lowest BCUT2D eigenvalue weighted by Crippen LogP contribution is -2.36. The van der Waals surface area contributed by atoms with E-state index in [2.05, 4.69) is 0 Å². The van der Waals surface area contributed by atoms with E-state index in [1.165, 1.54) is 21.3 Å². The number of carbonyl (C=O) groups excluding carboxylic acids is 1. The summed E-state index contributed by atoms with van der Waals surface area (Å²) < 4.78 is 45.4. The van der Waals surface area contributed by atoms with E-state index in [0.717, 1.165) is 16.7 Å². The third-order valence-electron chi connectivity index (χ3n) is 7.92. The van der Waals surface area contributed by atoms with Gasteiger partial charge >= 0.3 is 5.97 Å². The molecule has 7 atom stereocenters. The fourth-order valence-corrected chi connectivity index (χ4v) is 6.06. The summed E-state index contributed by atoms with van der Waals surface area (Å²) in [6.07, 6.45) is -4.59. The molecule has 2 aromatic carbocycles. The molecule has 39 heavy (non-hydrogen) atoms. The topological polar surface area (TPSA) is 152 Å². The molecule has 2 saturated heterocycles. The molecule has 2 fully saturated rings. The minimum absolute atomic E-state index is 0.0473.